The van der Waals surface area contributed by atoms with Gasteiger partial charge in [-0.1, -0.05) is 36.4 Å². The number of nitrogens with two attached hydrogens (primary N) is 1. The van der Waals surface area contributed by atoms with Crippen molar-refractivity contribution in [2.45, 2.75) is 18.9 Å². The molecular weight excluding hydrogens is 338 g/mol. The maximum Gasteiger partial charge on any atom is 0.224 e. The summed E-state index contributed by atoms with van der Waals surface area (Å²) in [5, 5.41) is 5.30. The number of nitrogens with one attached hydrogen (secondary N) is 1. The van der Waals surface area contributed by atoms with E-state index in [0.29, 0.717) is 19.5 Å². The molecule has 5 nitrogen and oxygen atoms in total. The Morgan fingerprint density at radius 3 is 2.68 bits per heavy atom. The molecule has 1 aliphatic rings. The molecule has 3 rings (SSSR count). The smallest absolute Gasteiger partial charge is 0.224 e. The van der Waals surface area contributed by atoms with Crippen molar-refractivity contribution in [1.29, 1.82) is 0 Å². The normalized spacial score (nSPS) is 18.6. The number of fused-ring (bicyclic) bond motifs is 1. The first-order valence-electron chi connectivity index (χ1n) is 8.31. The van der Waals surface area contributed by atoms with Gasteiger partial charge in [0.1, 0.15) is 0 Å². The third-order valence-corrected chi connectivity index (χ3v) is 4.76. The van der Waals surface area contributed by atoms with Crippen molar-refractivity contribution in [1.82, 2.24) is 10.2 Å². The lowest BCUT2D eigenvalue weighted by atomic mass is 9.94. The van der Waals surface area contributed by atoms with Crippen molar-refractivity contribution in [3.05, 3.63) is 48.0 Å². The lowest BCUT2D eigenvalue weighted by Gasteiger charge is -2.29. The highest BCUT2D eigenvalue weighted by Gasteiger charge is 2.29. The number of nitrogens with zero attached hydrogens (tertiary/aromatic N) is 1. The second-order valence-electron chi connectivity index (χ2n) is 6.41. The number of rotatable bonds is 4. The zero-order valence-electron chi connectivity index (χ0n) is 14.3. The Labute approximate surface area is 154 Å². The van der Waals surface area contributed by atoms with Crippen molar-refractivity contribution in [2.24, 2.45) is 11.7 Å². The highest BCUT2D eigenvalue weighted by molar-refractivity contribution is 5.87. The molecule has 0 bridgehead atoms. The van der Waals surface area contributed by atoms with E-state index in [1.807, 2.05) is 30.3 Å². The molecule has 134 valence electrons. The van der Waals surface area contributed by atoms with Gasteiger partial charge in [0.25, 0.3) is 0 Å². The molecule has 0 aliphatic carbocycles. The van der Waals surface area contributed by atoms with E-state index in [-0.39, 0.29) is 42.6 Å². The zero-order chi connectivity index (χ0) is 17.1. The number of benzene rings is 2. The number of likely N-dealkylation sites (tertiary alicyclic amines) is 1. The second kappa shape index (κ2) is 8.32. The van der Waals surface area contributed by atoms with Crippen molar-refractivity contribution < 1.29 is 9.59 Å². The van der Waals surface area contributed by atoms with Crippen LogP contribution in [-0.2, 0) is 9.59 Å². The molecule has 6 heteroatoms. The van der Waals surface area contributed by atoms with Crippen LogP contribution in [0.5, 0.6) is 0 Å². The van der Waals surface area contributed by atoms with Gasteiger partial charge >= 0.3 is 0 Å². The van der Waals surface area contributed by atoms with Crippen LogP contribution in [0.4, 0.5) is 0 Å². The Morgan fingerprint density at radius 1 is 1.28 bits per heavy atom. The number of halogens is 1. The van der Waals surface area contributed by atoms with Crippen LogP contribution in [0.15, 0.2) is 42.5 Å². The molecule has 0 aromatic heterocycles. The molecule has 1 aliphatic heterocycles. The Balaban J connectivity index is 0.00000225. The molecule has 0 spiro atoms. The SMILES string of the molecule is CN1CCC(C(=O)NC(CN)c2ccc3ccccc3c2)CC1=O.Cl. The molecule has 0 saturated carbocycles. The van der Waals surface area contributed by atoms with Gasteiger partial charge in [-0.2, -0.15) is 0 Å². The van der Waals surface area contributed by atoms with Crippen LogP contribution in [0.2, 0.25) is 0 Å². The summed E-state index contributed by atoms with van der Waals surface area (Å²) in [5.74, 6) is -0.320. The summed E-state index contributed by atoms with van der Waals surface area (Å²) in [5.41, 5.74) is 6.88. The molecule has 0 radical (unpaired) electrons. The van der Waals surface area contributed by atoms with Gasteiger partial charge in [0, 0.05) is 32.5 Å². The summed E-state index contributed by atoms with van der Waals surface area (Å²) >= 11 is 0. The zero-order valence-corrected chi connectivity index (χ0v) is 15.1. The van der Waals surface area contributed by atoms with Gasteiger partial charge in [0.15, 0.2) is 0 Å². The van der Waals surface area contributed by atoms with Gasteiger partial charge in [0.05, 0.1) is 6.04 Å². The minimum Gasteiger partial charge on any atom is -0.348 e. The number of carbonyl (C=O) groups excluding carboxylic acids is 2. The summed E-state index contributed by atoms with van der Waals surface area (Å²) in [6.45, 7) is 0.949. The quantitative estimate of drug-likeness (QED) is 0.877. The molecule has 3 N–H and O–H groups in total. The molecule has 2 amide bonds. The van der Waals surface area contributed by atoms with Crippen LogP contribution in [0.3, 0.4) is 0 Å². The van der Waals surface area contributed by atoms with Crippen LogP contribution in [0, 0.1) is 5.92 Å². The maximum absolute atomic E-state index is 12.5. The van der Waals surface area contributed by atoms with E-state index in [1.54, 1.807) is 11.9 Å². The number of hydrogen-bond acceptors (Lipinski definition) is 3. The minimum atomic E-state index is -0.261. The molecule has 2 aromatic carbocycles. The number of piperidine rings is 1. The van der Waals surface area contributed by atoms with E-state index in [9.17, 15) is 9.59 Å². The highest BCUT2D eigenvalue weighted by atomic mass is 35.5. The molecule has 1 heterocycles. The van der Waals surface area contributed by atoms with E-state index in [4.69, 9.17) is 5.73 Å². The average molecular weight is 362 g/mol. The first kappa shape index (κ1) is 19.2. The Kier molecular flexibility index (Phi) is 6.39. The summed E-state index contributed by atoms with van der Waals surface area (Å²) < 4.78 is 0. The minimum absolute atomic E-state index is 0. The van der Waals surface area contributed by atoms with E-state index >= 15 is 0 Å². The van der Waals surface area contributed by atoms with E-state index in [1.165, 1.54) is 0 Å². The van der Waals surface area contributed by atoms with Crippen molar-refractivity contribution in [2.75, 3.05) is 20.1 Å². The molecule has 2 atom stereocenters. The fourth-order valence-corrected chi connectivity index (χ4v) is 3.16. The number of carbonyl (C=O) groups is 2. The van der Waals surface area contributed by atoms with Crippen LogP contribution in [0.1, 0.15) is 24.4 Å². The van der Waals surface area contributed by atoms with Crippen molar-refractivity contribution in [3.8, 4) is 0 Å². The van der Waals surface area contributed by atoms with Gasteiger partial charge in [-0.3, -0.25) is 9.59 Å². The second-order valence-corrected chi connectivity index (χ2v) is 6.41. The fraction of sp³-hybridized carbons (Fsp3) is 0.368. The topological polar surface area (TPSA) is 75.4 Å². The third kappa shape index (κ3) is 4.30. The lowest BCUT2D eigenvalue weighted by molar-refractivity contribution is -0.139. The van der Waals surface area contributed by atoms with Crippen molar-refractivity contribution in [3.63, 3.8) is 0 Å². The third-order valence-electron chi connectivity index (χ3n) is 4.76. The van der Waals surface area contributed by atoms with E-state index in [0.717, 1.165) is 16.3 Å². The van der Waals surface area contributed by atoms with E-state index in [2.05, 4.69) is 17.4 Å². The summed E-state index contributed by atoms with van der Waals surface area (Å²) in [4.78, 5) is 26.0. The van der Waals surface area contributed by atoms with Gasteiger partial charge in [-0.15, -0.1) is 12.4 Å². The molecule has 2 aromatic rings. The van der Waals surface area contributed by atoms with Gasteiger partial charge in [-0.05, 0) is 28.8 Å². The van der Waals surface area contributed by atoms with E-state index < -0.39 is 0 Å². The molecular formula is C19H24ClN3O2. The maximum atomic E-state index is 12.5. The molecule has 1 saturated heterocycles. The van der Waals surface area contributed by atoms with Crippen LogP contribution >= 0.6 is 12.4 Å². The Morgan fingerprint density at radius 2 is 2.00 bits per heavy atom. The van der Waals surface area contributed by atoms with Crippen LogP contribution in [-0.4, -0.2) is 36.9 Å². The van der Waals surface area contributed by atoms with Gasteiger partial charge in [-0.25, -0.2) is 0 Å². The van der Waals surface area contributed by atoms with Crippen LogP contribution < -0.4 is 11.1 Å². The highest BCUT2D eigenvalue weighted by Crippen LogP contribution is 2.22. The predicted octanol–water partition coefficient (Wildman–Crippen LogP) is 2.25. The summed E-state index contributed by atoms with van der Waals surface area (Å²) in [6.07, 6.45) is 0.973. The number of amides is 2. The predicted molar refractivity (Wildman–Crippen MR) is 101 cm³/mol. The largest absolute Gasteiger partial charge is 0.348 e. The van der Waals surface area contributed by atoms with Crippen molar-refractivity contribution >= 4 is 35.0 Å². The van der Waals surface area contributed by atoms with Gasteiger partial charge in [0.2, 0.25) is 11.8 Å². The van der Waals surface area contributed by atoms with Gasteiger partial charge < -0.3 is 16.0 Å². The number of hydrogen-bond donors (Lipinski definition) is 2. The average Bonchev–Trinajstić information content (AvgIpc) is 2.61. The summed E-state index contributed by atoms with van der Waals surface area (Å²) in [6, 6.07) is 14.0. The van der Waals surface area contributed by atoms with Crippen LogP contribution in [0.25, 0.3) is 10.8 Å². The first-order valence-corrected chi connectivity index (χ1v) is 8.31. The molecule has 2 unspecified atom stereocenters. The fourth-order valence-electron chi connectivity index (χ4n) is 3.16. The monoisotopic (exact) mass is 361 g/mol. The standard InChI is InChI=1S/C19H23N3O2.ClH/c1-22-9-8-16(11-18(22)23)19(24)21-17(12-20)15-7-6-13-4-2-3-5-14(13)10-15;/h2-7,10,16-17H,8-9,11-12,20H2,1H3,(H,21,24);1H. The lowest BCUT2D eigenvalue weighted by Crippen LogP contribution is -2.44. The molecule has 25 heavy (non-hydrogen) atoms. The first-order chi connectivity index (χ1) is 11.6. The summed E-state index contributed by atoms with van der Waals surface area (Å²) in [7, 11) is 1.77. The Bertz CT molecular complexity index is 765. The Hall–Kier alpha value is -2.11. The molecule has 1 fully saturated rings.